The van der Waals surface area contributed by atoms with E-state index in [1.807, 2.05) is 16.7 Å². The van der Waals surface area contributed by atoms with Crippen molar-refractivity contribution in [2.75, 3.05) is 44.2 Å². The highest BCUT2D eigenvalue weighted by Gasteiger charge is 2.37. The Labute approximate surface area is 136 Å². The number of nitrogens with zero attached hydrogens (tertiary/aromatic N) is 3. The fourth-order valence-electron chi connectivity index (χ4n) is 3.01. The third kappa shape index (κ3) is 3.68. The number of amides is 1. The quantitative estimate of drug-likeness (QED) is 0.568. The van der Waals surface area contributed by atoms with Gasteiger partial charge in [0, 0.05) is 31.4 Å². The average Bonchev–Trinajstić information content (AvgIpc) is 3.25. The number of carbonyl (C=O) groups is 1. The zero-order valence-electron chi connectivity index (χ0n) is 13.3. The molecular formula is C15H26N4O2S. The first-order chi connectivity index (χ1) is 10.6. The van der Waals surface area contributed by atoms with E-state index >= 15 is 0 Å². The van der Waals surface area contributed by atoms with Crippen molar-refractivity contribution in [2.24, 2.45) is 4.99 Å². The van der Waals surface area contributed by atoms with Crippen molar-refractivity contribution >= 4 is 23.6 Å². The smallest absolute Gasteiger partial charge is 0.242 e. The minimum absolute atomic E-state index is 0.203. The fraction of sp³-hybridized carbons (Fsp3) is 0.867. The van der Waals surface area contributed by atoms with Crippen LogP contribution in [0.3, 0.4) is 0 Å². The fourth-order valence-corrected chi connectivity index (χ4v) is 4.29. The molecule has 0 aromatic heterocycles. The molecule has 1 aliphatic carbocycles. The second-order valence-electron chi connectivity index (χ2n) is 6.44. The standard InChI is InChI=1S/C15H26N4O2S/c1-2-16-14(17-10-15(21)5-8-22-11-15)18-6-7-19(12-3-4-12)13(20)9-18/h12,21H,2-11H2,1H3,(H,16,17). The zero-order valence-corrected chi connectivity index (χ0v) is 14.1. The van der Waals surface area contributed by atoms with Gasteiger partial charge in [-0.15, -0.1) is 0 Å². The molecule has 0 spiro atoms. The number of hydrogen-bond acceptors (Lipinski definition) is 4. The molecule has 7 heteroatoms. The van der Waals surface area contributed by atoms with Gasteiger partial charge in [-0.2, -0.15) is 11.8 Å². The molecule has 2 aliphatic heterocycles. The summed E-state index contributed by atoms with van der Waals surface area (Å²) >= 11 is 1.78. The van der Waals surface area contributed by atoms with Gasteiger partial charge in [-0.05, 0) is 31.9 Å². The lowest BCUT2D eigenvalue weighted by Crippen LogP contribution is -2.56. The maximum Gasteiger partial charge on any atom is 0.242 e. The van der Waals surface area contributed by atoms with Gasteiger partial charge in [-0.25, -0.2) is 0 Å². The molecule has 1 saturated carbocycles. The first-order valence-corrected chi connectivity index (χ1v) is 9.40. The summed E-state index contributed by atoms with van der Waals surface area (Å²) in [6, 6.07) is 0.491. The summed E-state index contributed by atoms with van der Waals surface area (Å²) in [5.74, 6) is 2.72. The Bertz CT molecular complexity index is 447. The number of piperazine rings is 1. The summed E-state index contributed by atoms with van der Waals surface area (Å²) in [6.07, 6.45) is 3.12. The summed E-state index contributed by atoms with van der Waals surface area (Å²) in [5, 5.41) is 13.7. The van der Waals surface area contributed by atoms with E-state index in [9.17, 15) is 9.90 Å². The van der Waals surface area contributed by atoms with Crippen LogP contribution in [0, 0.1) is 0 Å². The Morgan fingerprint density at radius 2 is 2.32 bits per heavy atom. The third-order valence-electron chi connectivity index (χ3n) is 4.48. The highest BCUT2D eigenvalue weighted by molar-refractivity contribution is 7.99. The van der Waals surface area contributed by atoms with Gasteiger partial charge in [0.1, 0.15) is 0 Å². The molecule has 3 aliphatic rings. The Kier molecular flexibility index (Phi) is 4.82. The van der Waals surface area contributed by atoms with Crippen molar-refractivity contribution in [3.05, 3.63) is 0 Å². The van der Waals surface area contributed by atoms with E-state index in [1.165, 1.54) is 0 Å². The predicted molar refractivity (Wildman–Crippen MR) is 89.2 cm³/mol. The highest BCUT2D eigenvalue weighted by atomic mass is 32.2. The molecule has 6 nitrogen and oxygen atoms in total. The number of rotatable bonds is 4. The number of hydrogen-bond donors (Lipinski definition) is 2. The molecule has 2 heterocycles. The van der Waals surface area contributed by atoms with Gasteiger partial charge in [0.15, 0.2) is 5.96 Å². The molecule has 1 atom stereocenters. The topological polar surface area (TPSA) is 68.2 Å². The van der Waals surface area contributed by atoms with E-state index in [4.69, 9.17) is 0 Å². The van der Waals surface area contributed by atoms with E-state index in [1.54, 1.807) is 11.8 Å². The van der Waals surface area contributed by atoms with Crippen molar-refractivity contribution in [3.63, 3.8) is 0 Å². The van der Waals surface area contributed by atoms with Crippen molar-refractivity contribution in [1.82, 2.24) is 15.1 Å². The van der Waals surface area contributed by atoms with Gasteiger partial charge in [-0.3, -0.25) is 9.79 Å². The molecule has 124 valence electrons. The van der Waals surface area contributed by atoms with Crippen molar-refractivity contribution in [1.29, 1.82) is 0 Å². The maximum absolute atomic E-state index is 12.3. The predicted octanol–water partition coefficient (Wildman–Crippen LogP) is 0.127. The van der Waals surface area contributed by atoms with Crippen LogP contribution in [0.5, 0.6) is 0 Å². The second kappa shape index (κ2) is 6.66. The van der Waals surface area contributed by atoms with Gasteiger partial charge < -0.3 is 20.2 Å². The minimum Gasteiger partial charge on any atom is -0.387 e. The number of aliphatic imine (C=N–C) groups is 1. The third-order valence-corrected chi connectivity index (χ3v) is 5.72. The van der Waals surface area contributed by atoms with Gasteiger partial charge in [0.05, 0.1) is 18.7 Å². The number of nitrogens with one attached hydrogen (secondary N) is 1. The van der Waals surface area contributed by atoms with E-state index in [0.29, 0.717) is 19.1 Å². The summed E-state index contributed by atoms with van der Waals surface area (Å²) in [7, 11) is 0. The average molecular weight is 326 g/mol. The largest absolute Gasteiger partial charge is 0.387 e. The van der Waals surface area contributed by atoms with Crippen molar-refractivity contribution in [3.8, 4) is 0 Å². The Morgan fingerprint density at radius 3 is 2.91 bits per heavy atom. The molecule has 1 unspecified atom stereocenters. The van der Waals surface area contributed by atoms with Crippen LogP contribution in [0.4, 0.5) is 0 Å². The van der Waals surface area contributed by atoms with Crippen LogP contribution in [0.15, 0.2) is 4.99 Å². The van der Waals surface area contributed by atoms with E-state index in [2.05, 4.69) is 10.3 Å². The van der Waals surface area contributed by atoms with Crippen LogP contribution in [-0.4, -0.2) is 82.6 Å². The molecule has 0 aromatic carbocycles. The molecule has 3 fully saturated rings. The lowest BCUT2D eigenvalue weighted by molar-refractivity contribution is -0.135. The molecule has 3 rings (SSSR count). The van der Waals surface area contributed by atoms with E-state index < -0.39 is 5.60 Å². The summed E-state index contributed by atoms with van der Waals surface area (Å²) < 4.78 is 0. The normalized spacial score (nSPS) is 30.1. The Hall–Kier alpha value is -0.950. The summed E-state index contributed by atoms with van der Waals surface area (Å²) in [6.45, 7) is 5.21. The first kappa shape index (κ1) is 15.9. The van der Waals surface area contributed by atoms with Crippen LogP contribution in [0.1, 0.15) is 26.2 Å². The summed E-state index contributed by atoms with van der Waals surface area (Å²) in [4.78, 5) is 20.9. The molecule has 1 amide bonds. The molecule has 0 bridgehead atoms. The zero-order chi connectivity index (χ0) is 15.6. The van der Waals surface area contributed by atoms with Gasteiger partial charge >= 0.3 is 0 Å². The SMILES string of the molecule is CCNC(=NCC1(O)CCSC1)N1CCN(C2CC2)C(=O)C1. The minimum atomic E-state index is -0.675. The maximum atomic E-state index is 12.3. The van der Waals surface area contributed by atoms with Crippen molar-refractivity contribution < 1.29 is 9.90 Å². The molecule has 22 heavy (non-hydrogen) atoms. The Balaban J connectivity index is 1.61. The van der Waals surface area contributed by atoms with Crippen LogP contribution >= 0.6 is 11.8 Å². The van der Waals surface area contributed by atoms with Crippen LogP contribution in [0.2, 0.25) is 0 Å². The van der Waals surface area contributed by atoms with Gasteiger partial charge in [0.2, 0.25) is 5.91 Å². The molecule has 0 aromatic rings. The number of guanidine groups is 1. The lowest BCUT2D eigenvalue weighted by Gasteiger charge is -2.36. The first-order valence-electron chi connectivity index (χ1n) is 8.24. The van der Waals surface area contributed by atoms with Crippen LogP contribution in [-0.2, 0) is 4.79 Å². The summed E-state index contributed by atoms with van der Waals surface area (Å²) in [5.41, 5.74) is -0.675. The van der Waals surface area contributed by atoms with Crippen LogP contribution in [0.25, 0.3) is 0 Å². The monoisotopic (exact) mass is 326 g/mol. The van der Waals surface area contributed by atoms with Gasteiger partial charge in [0.25, 0.3) is 0 Å². The van der Waals surface area contributed by atoms with E-state index in [-0.39, 0.29) is 5.91 Å². The van der Waals surface area contributed by atoms with E-state index in [0.717, 1.165) is 56.4 Å². The molecular weight excluding hydrogens is 300 g/mol. The highest BCUT2D eigenvalue weighted by Crippen LogP contribution is 2.29. The number of aliphatic hydroxyl groups is 1. The number of thioether (sulfide) groups is 1. The molecule has 2 N–H and O–H groups in total. The molecule has 2 saturated heterocycles. The van der Waals surface area contributed by atoms with Crippen molar-refractivity contribution in [2.45, 2.75) is 37.8 Å². The Morgan fingerprint density at radius 1 is 1.50 bits per heavy atom. The number of carbonyl (C=O) groups excluding carboxylic acids is 1. The molecule has 0 radical (unpaired) electrons. The van der Waals surface area contributed by atoms with Gasteiger partial charge in [-0.1, -0.05) is 0 Å². The van der Waals surface area contributed by atoms with Crippen LogP contribution < -0.4 is 5.32 Å². The lowest BCUT2D eigenvalue weighted by atomic mass is 10.0. The second-order valence-corrected chi connectivity index (χ2v) is 7.54.